The Hall–Kier alpha value is -0.890. The van der Waals surface area contributed by atoms with Crippen molar-refractivity contribution in [2.75, 3.05) is 6.54 Å². The van der Waals surface area contributed by atoms with Crippen molar-refractivity contribution in [1.29, 1.82) is 0 Å². The first-order valence-electron chi connectivity index (χ1n) is 8.10. The van der Waals surface area contributed by atoms with Gasteiger partial charge in [0.25, 0.3) is 0 Å². The van der Waals surface area contributed by atoms with E-state index in [1.165, 1.54) is 32.1 Å². The van der Waals surface area contributed by atoms with Crippen LogP contribution in [0.2, 0.25) is 0 Å². The zero-order valence-corrected chi connectivity index (χ0v) is 13.6. The molecule has 0 spiro atoms. The molecular weight excluding hydrogens is 249 g/mol. The fourth-order valence-corrected chi connectivity index (χ4v) is 2.92. The van der Waals surface area contributed by atoms with Crippen LogP contribution < -0.4 is 5.32 Å². The van der Waals surface area contributed by atoms with Crippen molar-refractivity contribution in [2.24, 2.45) is 0 Å². The maximum absolute atomic E-state index is 14.3. The second-order valence-corrected chi connectivity index (χ2v) is 5.79. The fraction of sp³-hybridized carbons (Fsp3) is 0.667. The van der Waals surface area contributed by atoms with E-state index in [1.54, 1.807) is 6.07 Å². The van der Waals surface area contributed by atoms with E-state index in [1.807, 2.05) is 13.8 Å². The van der Waals surface area contributed by atoms with E-state index in [2.05, 4.69) is 25.2 Å². The SMILES string of the molecule is CCCCCCCC(NCC)c1c(C)cc(C)cc1F. The lowest BCUT2D eigenvalue weighted by Crippen LogP contribution is -2.23. The summed E-state index contributed by atoms with van der Waals surface area (Å²) in [6.07, 6.45) is 7.32. The summed E-state index contributed by atoms with van der Waals surface area (Å²) < 4.78 is 14.3. The lowest BCUT2D eigenvalue weighted by Gasteiger charge is -2.21. The molecule has 1 rings (SSSR count). The molecule has 1 nitrogen and oxygen atoms in total. The first-order chi connectivity index (χ1) is 9.60. The highest BCUT2D eigenvalue weighted by molar-refractivity contribution is 5.34. The Balaban J connectivity index is 2.70. The molecule has 0 saturated carbocycles. The number of unbranched alkanes of at least 4 members (excludes halogenated alkanes) is 4. The van der Waals surface area contributed by atoms with E-state index in [9.17, 15) is 4.39 Å². The Morgan fingerprint density at radius 3 is 2.35 bits per heavy atom. The molecule has 1 atom stereocenters. The molecule has 0 amide bonds. The van der Waals surface area contributed by atoms with Crippen molar-refractivity contribution >= 4 is 0 Å². The summed E-state index contributed by atoms with van der Waals surface area (Å²) in [5, 5.41) is 3.45. The summed E-state index contributed by atoms with van der Waals surface area (Å²) >= 11 is 0. The number of aryl methyl sites for hydroxylation is 2. The fourth-order valence-electron chi connectivity index (χ4n) is 2.92. The smallest absolute Gasteiger partial charge is 0.128 e. The van der Waals surface area contributed by atoms with Gasteiger partial charge in [0, 0.05) is 11.6 Å². The number of hydrogen-bond donors (Lipinski definition) is 1. The molecule has 1 unspecified atom stereocenters. The van der Waals surface area contributed by atoms with E-state index >= 15 is 0 Å². The Morgan fingerprint density at radius 1 is 1.05 bits per heavy atom. The first kappa shape index (κ1) is 17.2. The minimum Gasteiger partial charge on any atom is -0.310 e. The molecule has 20 heavy (non-hydrogen) atoms. The van der Waals surface area contributed by atoms with E-state index in [0.717, 1.165) is 29.7 Å². The predicted molar refractivity (Wildman–Crippen MR) is 85.7 cm³/mol. The molecule has 0 radical (unpaired) electrons. The molecule has 1 N–H and O–H groups in total. The third-order valence-electron chi connectivity index (χ3n) is 3.88. The van der Waals surface area contributed by atoms with Crippen molar-refractivity contribution in [3.05, 3.63) is 34.6 Å². The van der Waals surface area contributed by atoms with Gasteiger partial charge >= 0.3 is 0 Å². The van der Waals surface area contributed by atoms with Gasteiger partial charge in [-0.25, -0.2) is 4.39 Å². The maximum atomic E-state index is 14.3. The standard InChI is InChI=1S/C18H30FN/c1-5-7-8-9-10-11-17(20-6-2)18-15(4)12-14(3)13-16(18)19/h12-13,17,20H,5-11H2,1-4H3. The van der Waals surface area contributed by atoms with Crippen LogP contribution in [-0.2, 0) is 0 Å². The number of rotatable bonds is 9. The van der Waals surface area contributed by atoms with Gasteiger partial charge in [0.15, 0.2) is 0 Å². The van der Waals surface area contributed by atoms with Crippen LogP contribution in [0.1, 0.15) is 75.1 Å². The van der Waals surface area contributed by atoms with Crippen molar-refractivity contribution in [3.63, 3.8) is 0 Å². The lowest BCUT2D eigenvalue weighted by atomic mass is 9.94. The molecular formula is C18H30FN. The summed E-state index contributed by atoms with van der Waals surface area (Å²) in [5.41, 5.74) is 2.94. The van der Waals surface area contributed by atoms with Crippen molar-refractivity contribution < 1.29 is 4.39 Å². The Labute approximate surface area is 124 Å². The zero-order valence-electron chi connectivity index (χ0n) is 13.6. The van der Waals surface area contributed by atoms with Gasteiger partial charge in [-0.1, -0.05) is 52.0 Å². The Kier molecular flexibility index (Phi) is 7.83. The summed E-state index contributed by atoms with van der Waals surface area (Å²) in [6.45, 7) is 9.17. The van der Waals surface area contributed by atoms with E-state index in [-0.39, 0.29) is 11.9 Å². The van der Waals surface area contributed by atoms with Crippen LogP contribution in [0.4, 0.5) is 4.39 Å². The third kappa shape index (κ3) is 5.24. The predicted octanol–water partition coefficient (Wildman–Crippen LogP) is 5.45. The van der Waals surface area contributed by atoms with Gasteiger partial charge in [-0.2, -0.15) is 0 Å². The molecule has 0 fully saturated rings. The monoisotopic (exact) mass is 279 g/mol. The number of halogens is 1. The molecule has 1 aromatic carbocycles. The highest BCUT2D eigenvalue weighted by Crippen LogP contribution is 2.27. The van der Waals surface area contributed by atoms with Gasteiger partial charge in [-0.3, -0.25) is 0 Å². The summed E-state index contributed by atoms with van der Waals surface area (Å²) in [5.74, 6) is -0.0537. The van der Waals surface area contributed by atoms with E-state index in [4.69, 9.17) is 0 Å². The molecule has 0 aromatic heterocycles. The number of hydrogen-bond acceptors (Lipinski definition) is 1. The second kappa shape index (κ2) is 9.12. The largest absolute Gasteiger partial charge is 0.310 e. The minimum atomic E-state index is -0.0537. The van der Waals surface area contributed by atoms with Gasteiger partial charge in [0.2, 0.25) is 0 Å². The number of nitrogens with one attached hydrogen (secondary N) is 1. The van der Waals surface area contributed by atoms with Gasteiger partial charge in [0.1, 0.15) is 5.82 Å². The normalized spacial score (nSPS) is 12.7. The van der Waals surface area contributed by atoms with Crippen LogP contribution in [0, 0.1) is 19.7 Å². The second-order valence-electron chi connectivity index (χ2n) is 5.79. The summed E-state index contributed by atoms with van der Waals surface area (Å²) in [6, 6.07) is 3.89. The summed E-state index contributed by atoms with van der Waals surface area (Å²) in [7, 11) is 0. The Morgan fingerprint density at radius 2 is 1.75 bits per heavy atom. The van der Waals surface area contributed by atoms with Gasteiger partial charge in [-0.05, 0) is 44.0 Å². The van der Waals surface area contributed by atoms with Crippen LogP contribution in [0.25, 0.3) is 0 Å². The first-order valence-corrected chi connectivity index (χ1v) is 8.10. The summed E-state index contributed by atoms with van der Waals surface area (Å²) in [4.78, 5) is 0. The molecule has 2 heteroatoms. The topological polar surface area (TPSA) is 12.0 Å². The van der Waals surface area contributed by atoms with Crippen molar-refractivity contribution in [1.82, 2.24) is 5.32 Å². The average Bonchev–Trinajstić information content (AvgIpc) is 2.37. The van der Waals surface area contributed by atoms with Gasteiger partial charge in [-0.15, -0.1) is 0 Å². The highest BCUT2D eigenvalue weighted by Gasteiger charge is 2.17. The average molecular weight is 279 g/mol. The molecule has 0 heterocycles. The maximum Gasteiger partial charge on any atom is 0.128 e. The molecule has 114 valence electrons. The number of benzene rings is 1. The molecule has 0 aliphatic heterocycles. The molecule has 0 saturated heterocycles. The quantitative estimate of drug-likeness (QED) is 0.592. The van der Waals surface area contributed by atoms with Gasteiger partial charge < -0.3 is 5.32 Å². The van der Waals surface area contributed by atoms with Crippen LogP contribution in [-0.4, -0.2) is 6.54 Å². The van der Waals surface area contributed by atoms with E-state index < -0.39 is 0 Å². The van der Waals surface area contributed by atoms with Crippen LogP contribution in [0.15, 0.2) is 12.1 Å². The molecule has 0 aliphatic rings. The Bertz CT molecular complexity index is 377. The third-order valence-corrected chi connectivity index (χ3v) is 3.88. The molecule has 1 aromatic rings. The zero-order chi connectivity index (χ0) is 15.0. The van der Waals surface area contributed by atoms with Crippen LogP contribution >= 0.6 is 0 Å². The molecule has 0 bridgehead atoms. The van der Waals surface area contributed by atoms with E-state index in [0.29, 0.717) is 0 Å². The minimum absolute atomic E-state index is 0.0537. The molecule has 0 aliphatic carbocycles. The van der Waals surface area contributed by atoms with Crippen molar-refractivity contribution in [3.8, 4) is 0 Å². The van der Waals surface area contributed by atoms with Crippen molar-refractivity contribution in [2.45, 2.75) is 72.3 Å². The van der Waals surface area contributed by atoms with Crippen LogP contribution in [0.5, 0.6) is 0 Å². The van der Waals surface area contributed by atoms with Crippen LogP contribution in [0.3, 0.4) is 0 Å². The highest BCUT2D eigenvalue weighted by atomic mass is 19.1. The van der Waals surface area contributed by atoms with Gasteiger partial charge in [0.05, 0.1) is 0 Å². The lowest BCUT2D eigenvalue weighted by molar-refractivity contribution is 0.456.